The zero-order valence-electron chi connectivity index (χ0n) is 9.47. The number of likely N-dealkylation sites (tertiary alicyclic amines) is 1. The highest BCUT2D eigenvalue weighted by atomic mass is 79.9. The molecule has 0 spiro atoms. The molecule has 1 saturated heterocycles. The first kappa shape index (κ1) is 13.3. The van der Waals surface area contributed by atoms with E-state index < -0.39 is 0 Å². The van der Waals surface area contributed by atoms with Gasteiger partial charge in [0.05, 0.1) is 19.6 Å². The van der Waals surface area contributed by atoms with Gasteiger partial charge in [0, 0.05) is 16.5 Å². The Bertz CT molecular complexity index is 292. The fourth-order valence-electron chi connectivity index (χ4n) is 2.77. The van der Waals surface area contributed by atoms with E-state index in [4.69, 9.17) is 11.6 Å². The number of nitrogens with zero attached hydrogens (tertiary/aromatic N) is 1. The van der Waals surface area contributed by atoms with Gasteiger partial charge in [-0.3, -0.25) is 0 Å². The van der Waals surface area contributed by atoms with Crippen LogP contribution in [0.25, 0.3) is 0 Å². The van der Waals surface area contributed by atoms with E-state index >= 15 is 0 Å². The van der Waals surface area contributed by atoms with Crippen molar-refractivity contribution in [2.24, 2.45) is 5.92 Å². The molecule has 1 heterocycles. The molecule has 0 aromatic carbocycles. The summed E-state index contributed by atoms with van der Waals surface area (Å²) in [5.41, 5.74) is 1.51. The number of hydrogen-bond acceptors (Lipinski definition) is 0. The molecule has 86 valence electrons. The summed E-state index contributed by atoms with van der Waals surface area (Å²) in [4.78, 5) is 0. The van der Waals surface area contributed by atoms with Gasteiger partial charge in [-0.25, -0.2) is 0 Å². The minimum absolute atomic E-state index is 0. The van der Waals surface area contributed by atoms with Crippen molar-refractivity contribution in [3.8, 4) is 0 Å². The lowest BCUT2D eigenvalue weighted by Crippen LogP contribution is -3.00. The number of fused-ring (bicyclic) bond motifs is 1. The van der Waals surface area contributed by atoms with Crippen LogP contribution >= 0.6 is 11.6 Å². The Kier molecular flexibility index (Phi) is 4.45. The lowest BCUT2D eigenvalue weighted by Gasteiger charge is -2.31. The van der Waals surface area contributed by atoms with Crippen LogP contribution in [0, 0.1) is 5.92 Å². The zero-order chi connectivity index (χ0) is 10.2. The van der Waals surface area contributed by atoms with Crippen LogP contribution in [-0.4, -0.2) is 30.7 Å². The number of hydrogen-bond donors (Lipinski definition) is 0. The highest BCUT2D eigenvalue weighted by molar-refractivity contribution is 6.31. The standard InChI is InChI=1S/C12H19ClN.BrH/c1-3-14(4-2)8-10-6-5-7-12(13)11(10)9-14;/h5,7,10H,3-4,6,8-9H2,1-2H3;1H/q+1;/p-1. The van der Waals surface area contributed by atoms with Crippen molar-refractivity contribution < 1.29 is 21.5 Å². The Morgan fingerprint density at radius 3 is 2.60 bits per heavy atom. The molecule has 15 heavy (non-hydrogen) atoms. The molecule has 2 rings (SSSR count). The average Bonchev–Trinajstić information content (AvgIpc) is 2.59. The number of halogens is 2. The Morgan fingerprint density at radius 1 is 1.40 bits per heavy atom. The van der Waals surface area contributed by atoms with Gasteiger partial charge in [-0.05, 0) is 26.3 Å². The van der Waals surface area contributed by atoms with E-state index in [1.54, 1.807) is 0 Å². The lowest BCUT2D eigenvalue weighted by molar-refractivity contribution is -0.912. The molecular formula is C12H19BrClN. The maximum absolute atomic E-state index is 6.24. The predicted octanol–water partition coefficient (Wildman–Crippen LogP) is -0.0704. The monoisotopic (exact) mass is 291 g/mol. The molecule has 1 aliphatic heterocycles. The summed E-state index contributed by atoms with van der Waals surface area (Å²) in [5, 5.41) is 1.02. The third-order valence-electron chi connectivity index (χ3n) is 3.94. The second kappa shape index (κ2) is 5.03. The molecule has 0 radical (unpaired) electrons. The first-order valence-electron chi connectivity index (χ1n) is 5.61. The van der Waals surface area contributed by atoms with E-state index in [9.17, 15) is 0 Å². The van der Waals surface area contributed by atoms with Crippen molar-refractivity contribution in [1.82, 2.24) is 0 Å². The van der Waals surface area contributed by atoms with Crippen molar-refractivity contribution in [2.45, 2.75) is 20.3 Å². The SMILES string of the molecule is CC[N+]1(CC)CC2=C(Cl)C=CCC2C1.[Br-]. The number of likely N-dealkylation sites (N-methyl/N-ethyl adjacent to an activating group) is 1. The van der Waals surface area contributed by atoms with E-state index in [2.05, 4.69) is 26.0 Å². The van der Waals surface area contributed by atoms with Crippen molar-refractivity contribution in [3.05, 3.63) is 22.8 Å². The van der Waals surface area contributed by atoms with Crippen LogP contribution in [0.1, 0.15) is 20.3 Å². The third-order valence-corrected chi connectivity index (χ3v) is 4.31. The van der Waals surface area contributed by atoms with Gasteiger partial charge in [0.2, 0.25) is 0 Å². The van der Waals surface area contributed by atoms with E-state index in [1.165, 1.54) is 42.7 Å². The summed E-state index contributed by atoms with van der Waals surface area (Å²) in [5.74, 6) is 0.729. The molecule has 1 fully saturated rings. The van der Waals surface area contributed by atoms with Gasteiger partial charge in [0.15, 0.2) is 0 Å². The van der Waals surface area contributed by atoms with Gasteiger partial charge in [-0.2, -0.15) is 0 Å². The largest absolute Gasteiger partial charge is 1.00 e. The molecule has 0 bridgehead atoms. The summed E-state index contributed by atoms with van der Waals surface area (Å²) in [6.45, 7) is 9.54. The fraction of sp³-hybridized carbons (Fsp3) is 0.667. The van der Waals surface area contributed by atoms with Crippen LogP contribution in [0.5, 0.6) is 0 Å². The van der Waals surface area contributed by atoms with E-state index in [-0.39, 0.29) is 17.0 Å². The predicted molar refractivity (Wildman–Crippen MR) is 61.2 cm³/mol. The molecule has 3 heteroatoms. The van der Waals surface area contributed by atoms with Gasteiger partial charge in [-0.1, -0.05) is 17.7 Å². The summed E-state index contributed by atoms with van der Waals surface area (Å²) in [6, 6.07) is 0. The summed E-state index contributed by atoms with van der Waals surface area (Å²) >= 11 is 6.24. The molecular weight excluding hydrogens is 273 g/mol. The Hall–Kier alpha value is 0.210. The zero-order valence-corrected chi connectivity index (χ0v) is 11.8. The summed E-state index contributed by atoms with van der Waals surface area (Å²) in [7, 11) is 0. The van der Waals surface area contributed by atoms with Crippen LogP contribution < -0.4 is 17.0 Å². The second-order valence-electron chi connectivity index (χ2n) is 4.52. The highest BCUT2D eigenvalue weighted by Crippen LogP contribution is 2.37. The molecule has 0 aromatic rings. The summed E-state index contributed by atoms with van der Waals surface area (Å²) < 4.78 is 1.23. The maximum atomic E-state index is 6.24. The summed E-state index contributed by atoms with van der Waals surface area (Å²) in [6.07, 6.45) is 5.51. The minimum atomic E-state index is 0. The van der Waals surface area contributed by atoms with Crippen LogP contribution in [0.2, 0.25) is 0 Å². The molecule has 0 saturated carbocycles. The minimum Gasteiger partial charge on any atom is -1.00 e. The van der Waals surface area contributed by atoms with Gasteiger partial charge in [0.25, 0.3) is 0 Å². The van der Waals surface area contributed by atoms with E-state index in [0.29, 0.717) is 0 Å². The van der Waals surface area contributed by atoms with Crippen LogP contribution in [0.4, 0.5) is 0 Å². The van der Waals surface area contributed by atoms with Crippen molar-refractivity contribution in [2.75, 3.05) is 26.2 Å². The molecule has 1 atom stereocenters. The third kappa shape index (κ3) is 2.32. The Labute approximate surface area is 108 Å². The second-order valence-corrected chi connectivity index (χ2v) is 4.93. The number of allylic oxidation sites excluding steroid dienone is 3. The lowest BCUT2D eigenvalue weighted by atomic mass is 9.95. The highest BCUT2D eigenvalue weighted by Gasteiger charge is 2.40. The normalized spacial score (nSPS) is 27.5. The van der Waals surface area contributed by atoms with Crippen molar-refractivity contribution >= 4 is 11.6 Å². The quantitative estimate of drug-likeness (QED) is 0.625. The topological polar surface area (TPSA) is 0 Å². The van der Waals surface area contributed by atoms with Crippen LogP contribution in [0.15, 0.2) is 22.8 Å². The molecule has 1 unspecified atom stereocenters. The fourth-order valence-corrected chi connectivity index (χ4v) is 3.07. The molecule has 1 aliphatic carbocycles. The first-order valence-corrected chi connectivity index (χ1v) is 5.99. The van der Waals surface area contributed by atoms with Gasteiger partial charge >= 0.3 is 0 Å². The number of quaternary nitrogens is 1. The number of rotatable bonds is 2. The van der Waals surface area contributed by atoms with Crippen LogP contribution in [-0.2, 0) is 0 Å². The average molecular weight is 293 g/mol. The van der Waals surface area contributed by atoms with E-state index in [1.807, 2.05) is 0 Å². The Balaban J connectivity index is 0.00000112. The molecule has 0 N–H and O–H groups in total. The Morgan fingerprint density at radius 2 is 2.07 bits per heavy atom. The molecule has 1 nitrogen and oxygen atoms in total. The van der Waals surface area contributed by atoms with Crippen molar-refractivity contribution in [3.63, 3.8) is 0 Å². The first-order chi connectivity index (χ1) is 6.71. The van der Waals surface area contributed by atoms with Crippen molar-refractivity contribution in [1.29, 1.82) is 0 Å². The van der Waals surface area contributed by atoms with E-state index in [0.717, 1.165) is 11.0 Å². The van der Waals surface area contributed by atoms with Gasteiger partial charge < -0.3 is 21.5 Å². The van der Waals surface area contributed by atoms with Crippen LogP contribution in [0.3, 0.4) is 0 Å². The van der Waals surface area contributed by atoms with Gasteiger partial charge in [-0.15, -0.1) is 0 Å². The molecule has 0 amide bonds. The molecule has 0 aromatic heterocycles. The smallest absolute Gasteiger partial charge is 0.103 e. The van der Waals surface area contributed by atoms with Gasteiger partial charge in [0.1, 0.15) is 6.54 Å². The molecule has 2 aliphatic rings. The maximum Gasteiger partial charge on any atom is 0.103 e.